The molecule has 4 heterocycles. The number of hydrogen-bond donors (Lipinski definition) is 0. The second-order valence-corrected chi connectivity index (χ2v) is 20.6. The van der Waals surface area contributed by atoms with Crippen molar-refractivity contribution >= 4 is 21.9 Å². The summed E-state index contributed by atoms with van der Waals surface area (Å²) in [5.41, 5.74) is 26.9. The molecule has 0 saturated carbocycles. The van der Waals surface area contributed by atoms with Crippen molar-refractivity contribution in [3.8, 4) is 123 Å². The Balaban J connectivity index is 0.00000631. The second kappa shape index (κ2) is 22.3. The van der Waals surface area contributed by atoms with Crippen LogP contribution in [0.4, 0.5) is 0 Å². The quantitative estimate of drug-likeness (QED) is 0.121. The van der Waals surface area contributed by atoms with E-state index in [4.69, 9.17) is 9.40 Å². The zero-order valence-corrected chi connectivity index (χ0v) is 47.4. The van der Waals surface area contributed by atoms with Gasteiger partial charge in [-0.05, 0) is 123 Å². The molecule has 5 heteroatoms. The number of benzene rings is 10. The van der Waals surface area contributed by atoms with Crippen LogP contribution in [0.3, 0.4) is 0 Å². The van der Waals surface area contributed by atoms with Crippen LogP contribution in [0, 0.1) is 32.0 Å². The minimum Gasteiger partial charge on any atom is -0.457 e. The summed E-state index contributed by atoms with van der Waals surface area (Å²) in [5.74, 6) is 0. The molecule has 10 aromatic carbocycles. The summed E-state index contributed by atoms with van der Waals surface area (Å²) in [7, 11) is 0. The largest absolute Gasteiger partial charge is 3.00 e. The van der Waals surface area contributed by atoms with E-state index in [1.807, 2.05) is 55.0 Å². The fourth-order valence-corrected chi connectivity index (χ4v) is 11.2. The van der Waals surface area contributed by atoms with E-state index in [0.717, 1.165) is 150 Å². The third-order valence-electron chi connectivity index (χ3n) is 15.4. The Morgan fingerprint density at radius 2 is 0.744 bits per heavy atom. The van der Waals surface area contributed by atoms with Crippen molar-refractivity contribution in [3.05, 3.63) is 297 Å². The van der Waals surface area contributed by atoms with Crippen LogP contribution in [0.15, 0.2) is 272 Å². The fraction of sp³-hybridized carbons (Fsp3) is 0.0260. The predicted octanol–water partition coefficient (Wildman–Crippen LogP) is 20.1. The first-order valence-electron chi connectivity index (χ1n) is 27.3. The topological polar surface area (TPSA) is 51.8 Å². The molecule has 0 bridgehead atoms. The van der Waals surface area contributed by atoms with Crippen LogP contribution in [-0.4, -0.2) is 15.0 Å². The fourth-order valence-electron chi connectivity index (χ4n) is 11.2. The molecule has 14 aromatic rings. The molecule has 0 aliphatic heterocycles. The Bertz CT molecular complexity index is 4490. The number of pyridine rings is 3. The van der Waals surface area contributed by atoms with Gasteiger partial charge in [-0.3, -0.25) is 0 Å². The molecule has 0 saturated heterocycles. The molecule has 0 amide bonds. The van der Waals surface area contributed by atoms with Crippen LogP contribution in [0.1, 0.15) is 11.1 Å². The van der Waals surface area contributed by atoms with Gasteiger partial charge in [0.05, 0.1) is 0 Å². The maximum Gasteiger partial charge on any atom is 3.00 e. The zero-order valence-electron chi connectivity index (χ0n) is 45.0. The van der Waals surface area contributed by atoms with Gasteiger partial charge in [-0.25, -0.2) is 0 Å². The summed E-state index contributed by atoms with van der Waals surface area (Å²) in [4.78, 5) is 14.4. The van der Waals surface area contributed by atoms with Gasteiger partial charge >= 0.3 is 20.1 Å². The van der Waals surface area contributed by atoms with E-state index in [-0.39, 0.29) is 20.1 Å². The molecular weight excluding hydrogens is 1180 g/mol. The van der Waals surface area contributed by atoms with Crippen molar-refractivity contribution in [1.82, 2.24) is 15.0 Å². The monoisotopic (exact) mass is 1230 g/mol. The SMILES string of the molecule is Cc1ccnc(-c2[c-]cc(-c3ccccc3-c3cc(-c4ccccc4-c4c[c-]c(-c5cc(C)ccn5)cc4)cc(-c4ccccc4-c4c[c-]c(-c5cc6oc7ccccc7c6cn5)cc4-c4ccc(-c5ccccc5)cc4)c3)cc2)c1.[Ir+3]. The maximum absolute atomic E-state index is 6.38. The third kappa shape index (κ3) is 10.1. The normalized spacial score (nSPS) is 11.2. The third-order valence-corrected chi connectivity index (χ3v) is 15.4. The van der Waals surface area contributed by atoms with E-state index in [2.05, 4.69) is 254 Å². The van der Waals surface area contributed by atoms with Gasteiger partial charge in [0.2, 0.25) is 0 Å². The Hall–Kier alpha value is -9.90. The molecule has 0 N–H and O–H groups in total. The maximum atomic E-state index is 6.38. The summed E-state index contributed by atoms with van der Waals surface area (Å²) < 4.78 is 6.38. The Kier molecular flexibility index (Phi) is 14.0. The number of aromatic nitrogens is 3. The minimum atomic E-state index is 0. The number of aryl methyl sites for hydroxylation is 2. The Morgan fingerprint density at radius 3 is 1.29 bits per heavy atom. The molecule has 388 valence electrons. The number of fused-ring (bicyclic) bond motifs is 3. The molecule has 82 heavy (non-hydrogen) atoms. The zero-order chi connectivity index (χ0) is 54.2. The number of rotatable bonds is 11. The van der Waals surface area contributed by atoms with Gasteiger partial charge in [0.1, 0.15) is 11.2 Å². The molecule has 4 aromatic heterocycles. The first kappa shape index (κ1) is 51.5. The molecule has 4 nitrogen and oxygen atoms in total. The standard InChI is InChI=1S/C77H50N3O.Ir/c1-50-38-40-78-73(42-50)57-32-28-54(29-33-57)63-16-6-8-18-65(63)60-44-61(66-19-9-7-17-64(66)55-30-34-58(35-31-55)74-43-51(2)39-41-79-74)46-62(45-60)67-20-10-11-21-68(67)69-37-36-59(75-48-77-72(49-80-75)70-22-12-13-23-76(70)81-77)47-71(69)56-26-24-53(25-27-56)52-14-4-3-5-15-52;/h3-32,34,37-49H,1-2H3;/q-3;+3. The molecule has 0 unspecified atom stereocenters. The van der Waals surface area contributed by atoms with Crippen LogP contribution >= 0.6 is 0 Å². The number of furan rings is 1. The minimum absolute atomic E-state index is 0. The van der Waals surface area contributed by atoms with Crippen molar-refractivity contribution in [1.29, 1.82) is 0 Å². The Morgan fingerprint density at radius 1 is 0.293 bits per heavy atom. The molecule has 0 fully saturated rings. The summed E-state index contributed by atoms with van der Waals surface area (Å²) in [5, 5.41) is 2.04. The molecule has 0 radical (unpaired) electrons. The van der Waals surface area contributed by atoms with Gasteiger partial charge in [0, 0.05) is 29.4 Å². The van der Waals surface area contributed by atoms with Gasteiger partial charge in [0.25, 0.3) is 0 Å². The van der Waals surface area contributed by atoms with E-state index >= 15 is 0 Å². The van der Waals surface area contributed by atoms with E-state index in [0.29, 0.717) is 0 Å². The van der Waals surface area contributed by atoms with Gasteiger partial charge in [-0.1, -0.05) is 208 Å². The van der Waals surface area contributed by atoms with Crippen LogP contribution in [0.5, 0.6) is 0 Å². The van der Waals surface area contributed by atoms with Crippen molar-refractivity contribution in [2.24, 2.45) is 0 Å². The van der Waals surface area contributed by atoms with Crippen molar-refractivity contribution in [2.75, 3.05) is 0 Å². The molecule has 0 spiro atoms. The molecule has 14 rings (SSSR count). The van der Waals surface area contributed by atoms with E-state index in [1.165, 1.54) is 5.56 Å². The van der Waals surface area contributed by atoms with Crippen LogP contribution in [0.2, 0.25) is 0 Å². The van der Waals surface area contributed by atoms with Gasteiger partial charge in [0.15, 0.2) is 0 Å². The predicted molar refractivity (Wildman–Crippen MR) is 333 cm³/mol. The van der Waals surface area contributed by atoms with Gasteiger partial charge < -0.3 is 19.4 Å². The van der Waals surface area contributed by atoms with Crippen LogP contribution in [0.25, 0.3) is 145 Å². The molecule has 0 aliphatic carbocycles. The number of para-hydroxylation sites is 1. The average molecular weight is 1230 g/mol. The van der Waals surface area contributed by atoms with Crippen molar-refractivity contribution < 1.29 is 24.5 Å². The summed E-state index contributed by atoms with van der Waals surface area (Å²) >= 11 is 0. The van der Waals surface area contributed by atoms with Crippen LogP contribution < -0.4 is 0 Å². The van der Waals surface area contributed by atoms with E-state index in [1.54, 1.807) is 0 Å². The van der Waals surface area contributed by atoms with Crippen LogP contribution in [-0.2, 0) is 20.1 Å². The smallest absolute Gasteiger partial charge is 0.457 e. The summed E-state index contributed by atoms with van der Waals surface area (Å²) in [6.07, 6.45) is 5.64. The molecule has 0 atom stereocenters. The van der Waals surface area contributed by atoms with E-state index in [9.17, 15) is 0 Å². The van der Waals surface area contributed by atoms with Crippen molar-refractivity contribution in [3.63, 3.8) is 0 Å². The number of nitrogens with zero attached hydrogens (tertiary/aromatic N) is 3. The van der Waals surface area contributed by atoms with E-state index < -0.39 is 0 Å². The summed E-state index contributed by atoms with van der Waals surface area (Å²) in [6.45, 7) is 4.18. The second-order valence-electron chi connectivity index (χ2n) is 20.6. The van der Waals surface area contributed by atoms with Crippen molar-refractivity contribution in [2.45, 2.75) is 13.8 Å². The average Bonchev–Trinajstić information content (AvgIpc) is 3.56. The Labute approximate surface area is 491 Å². The number of hydrogen-bond acceptors (Lipinski definition) is 4. The first-order chi connectivity index (χ1) is 39.9. The molecule has 0 aliphatic rings. The summed E-state index contributed by atoms with van der Waals surface area (Å²) in [6, 6.07) is 99.2. The van der Waals surface area contributed by atoms with Gasteiger partial charge in [-0.15, -0.1) is 83.4 Å². The van der Waals surface area contributed by atoms with Gasteiger partial charge in [-0.2, -0.15) is 0 Å². The molecular formula is C77H50IrN3O. The first-order valence-corrected chi connectivity index (χ1v) is 27.3.